The van der Waals surface area contributed by atoms with Gasteiger partial charge in [0.15, 0.2) is 0 Å². The maximum atomic E-state index is 13.1. The zero-order valence-electron chi connectivity index (χ0n) is 19.0. The fourth-order valence-corrected chi connectivity index (χ4v) is 5.10. The molecule has 1 heterocycles. The Morgan fingerprint density at radius 3 is 2.27 bits per heavy atom. The van der Waals surface area contributed by atoms with E-state index >= 15 is 0 Å². The molecule has 1 fully saturated rings. The van der Waals surface area contributed by atoms with Gasteiger partial charge in [0.25, 0.3) is 0 Å². The van der Waals surface area contributed by atoms with E-state index in [1.54, 1.807) is 0 Å². The van der Waals surface area contributed by atoms with Gasteiger partial charge in [0, 0.05) is 12.5 Å². The van der Waals surface area contributed by atoms with Gasteiger partial charge < -0.3 is 20.1 Å². The minimum Gasteiger partial charge on any atom is -0.480 e. The molecule has 0 aromatic heterocycles. The number of aliphatic carboxylic acids is 1. The predicted octanol–water partition coefficient (Wildman–Crippen LogP) is 4.02. The van der Waals surface area contributed by atoms with Crippen LogP contribution in [-0.4, -0.2) is 53.2 Å². The quantitative estimate of drug-likeness (QED) is 0.664. The minimum atomic E-state index is -1.01. The van der Waals surface area contributed by atoms with E-state index in [9.17, 15) is 19.5 Å². The largest absolute Gasteiger partial charge is 0.480 e. The summed E-state index contributed by atoms with van der Waals surface area (Å²) in [5.41, 5.74) is 4.51. The number of alkyl carbamates (subject to hydrolysis) is 1. The van der Waals surface area contributed by atoms with Gasteiger partial charge in [-0.05, 0) is 41.0 Å². The topological polar surface area (TPSA) is 95.9 Å². The highest BCUT2D eigenvalue weighted by atomic mass is 16.5. The fraction of sp³-hybridized carbons (Fsp3) is 0.423. The van der Waals surface area contributed by atoms with Crippen molar-refractivity contribution >= 4 is 18.0 Å². The van der Waals surface area contributed by atoms with E-state index < -0.39 is 24.1 Å². The van der Waals surface area contributed by atoms with Crippen molar-refractivity contribution in [2.24, 2.45) is 5.92 Å². The molecule has 3 unspecified atom stereocenters. The Kier molecular flexibility index (Phi) is 6.67. The molecule has 2 aromatic carbocycles. The molecule has 174 valence electrons. The van der Waals surface area contributed by atoms with Crippen LogP contribution in [0.5, 0.6) is 0 Å². The molecule has 1 saturated heterocycles. The lowest BCUT2D eigenvalue weighted by Gasteiger charge is -2.28. The summed E-state index contributed by atoms with van der Waals surface area (Å²) < 4.78 is 5.59. The number of carbonyl (C=O) groups is 3. The summed E-state index contributed by atoms with van der Waals surface area (Å²) in [4.78, 5) is 38.9. The van der Waals surface area contributed by atoms with Gasteiger partial charge in [-0.15, -0.1) is 0 Å². The van der Waals surface area contributed by atoms with E-state index in [-0.39, 0.29) is 24.3 Å². The molecule has 7 heteroatoms. The first-order valence-electron chi connectivity index (χ1n) is 11.6. The van der Waals surface area contributed by atoms with Crippen LogP contribution in [0.4, 0.5) is 4.79 Å². The van der Waals surface area contributed by atoms with Crippen molar-refractivity contribution in [1.82, 2.24) is 10.2 Å². The van der Waals surface area contributed by atoms with Gasteiger partial charge in [0.05, 0.1) is 0 Å². The SMILES string of the molecule is CCCC(NC(=O)OCC1c2ccccc2-c2ccccc21)C(=O)N1CCC(C)C1C(=O)O. The van der Waals surface area contributed by atoms with Gasteiger partial charge in [-0.3, -0.25) is 4.79 Å². The normalized spacial score (nSPS) is 20.1. The molecule has 33 heavy (non-hydrogen) atoms. The van der Waals surface area contributed by atoms with Gasteiger partial charge in [0.2, 0.25) is 5.91 Å². The molecule has 2 amide bonds. The Morgan fingerprint density at radius 1 is 1.09 bits per heavy atom. The number of likely N-dealkylation sites (tertiary alicyclic amines) is 1. The van der Waals surface area contributed by atoms with Crippen LogP contribution in [0.2, 0.25) is 0 Å². The van der Waals surface area contributed by atoms with Gasteiger partial charge in [0.1, 0.15) is 18.7 Å². The predicted molar refractivity (Wildman–Crippen MR) is 124 cm³/mol. The van der Waals surface area contributed by atoms with Crippen LogP contribution < -0.4 is 5.32 Å². The molecule has 2 N–H and O–H groups in total. The number of carboxylic acids is 1. The Bertz CT molecular complexity index is 1010. The summed E-state index contributed by atoms with van der Waals surface area (Å²) in [6.45, 7) is 4.29. The fourth-order valence-electron chi connectivity index (χ4n) is 5.10. The van der Waals surface area contributed by atoms with Crippen molar-refractivity contribution in [3.63, 3.8) is 0 Å². The molecule has 0 spiro atoms. The van der Waals surface area contributed by atoms with E-state index in [2.05, 4.69) is 17.4 Å². The standard InChI is InChI=1S/C26H30N2O5/c1-3-8-22(24(29)28-14-13-16(2)23(28)25(30)31)27-26(32)33-15-21-19-11-6-4-9-17(19)18-10-5-7-12-20(18)21/h4-7,9-12,16,21-23H,3,8,13-15H2,1-2H3,(H,27,32)(H,30,31). The van der Waals surface area contributed by atoms with Crippen molar-refractivity contribution in [2.45, 2.75) is 51.1 Å². The van der Waals surface area contributed by atoms with Gasteiger partial charge in [-0.2, -0.15) is 0 Å². The maximum absolute atomic E-state index is 13.1. The monoisotopic (exact) mass is 450 g/mol. The first kappa shape index (κ1) is 22.8. The van der Waals surface area contributed by atoms with Crippen molar-refractivity contribution < 1.29 is 24.2 Å². The van der Waals surface area contributed by atoms with Gasteiger partial charge in [-0.1, -0.05) is 68.8 Å². The second kappa shape index (κ2) is 9.65. The molecule has 1 aliphatic heterocycles. The number of rotatable bonds is 7. The third kappa shape index (κ3) is 4.45. The summed E-state index contributed by atoms with van der Waals surface area (Å²) >= 11 is 0. The maximum Gasteiger partial charge on any atom is 0.407 e. The van der Waals surface area contributed by atoms with Crippen LogP contribution in [0, 0.1) is 5.92 Å². The highest BCUT2D eigenvalue weighted by Crippen LogP contribution is 2.44. The summed E-state index contributed by atoms with van der Waals surface area (Å²) in [5.74, 6) is -1.56. The van der Waals surface area contributed by atoms with Crippen LogP contribution in [-0.2, 0) is 14.3 Å². The van der Waals surface area contributed by atoms with Crippen molar-refractivity contribution in [1.29, 1.82) is 0 Å². The van der Waals surface area contributed by atoms with E-state index in [0.717, 1.165) is 22.3 Å². The molecule has 0 saturated carbocycles. The molecule has 0 bridgehead atoms. The summed E-state index contributed by atoms with van der Waals surface area (Å²) in [7, 11) is 0. The van der Waals surface area contributed by atoms with Crippen molar-refractivity contribution in [3.05, 3.63) is 59.7 Å². The molecule has 1 aliphatic carbocycles. The number of carbonyl (C=O) groups excluding carboxylic acids is 2. The third-order valence-corrected chi connectivity index (χ3v) is 6.75. The number of fused-ring (bicyclic) bond motifs is 3. The number of benzene rings is 2. The number of hydrogen-bond acceptors (Lipinski definition) is 4. The zero-order chi connectivity index (χ0) is 23.5. The van der Waals surface area contributed by atoms with Crippen molar-refractivity contribution in [2.75, 3.05) is 13.2 Å². The Hall–Kier alpha value is -3.35. The lowest BCUT2D eigenvalue weighted by molar-refractivity contribution is -0.150. The molecular weight excluding hydrogens is 420 g/mol. The van der Waals surface area contributed by atoms with Crippen LogP contribution in [0.25, 0.3) is 11.1 Å². The smallest absolute Gasteiger partial charge is 0.407 e. The van der Waals surface area contributed by atoms with Crippen molar-refractivity contribution in [3.8, 4) is 11.1 Å². The Labute approximate surface area is 193 Å². The van der Waals surface area contributed by atoms with Crippen LogP contribution in [0.15, 0.2) is 48.5 Å². The summed E-state index contributed by atoms with van der Waals surface area (Å²) in [6, 6.07) is 14.5. The number of ether oxygens (including phenoxy) is 1. The molecule has 7 nitrogen and oxygen atoms in total. The van der Waals surface area contributed by atoms with E-state index in [4.69, 9.17) is 4.74 Å². The number of hydrogen-bond donors (Lipinski definition) is 2. The Morgan fingerprint density at radius 2 is 1.70 bits per heavy atom. The Balaban J connectivity index is 1.43. The third-order valence-electron chi connectivity index (χ3n) is 6.75. The van der Waals surface area contributed by atoms with Gasteiger partial charge >= 0.3 is 12.1 Å². The number of carboxylic acid groups (broad SMARTS) is 1. The lowest BCUT2D eigenvalue weighted by Crippen LogP contribution is -2.52. The first-order chi connectivity index (χ1) is 15.9. The molecular formula is C26H30N2O5. The van der Waals surface area contributed by atoms with Gasteiger partial charge in [-0.25, -0.2) is 9.59 Å². The summed E-state index contributed by atoms with van der Waals surface area (Å²) in [6.07, 6.45) is 1.05. The zero-order valence-corrected chi connectivity index (χ0v) is 19.0. The number of nitrogens with zero attached hydrogens (tertiary/aromatic N) is 1. The number of amides is 2. The molecule has 2 aromatic rings. The van der Waals surface area contributed by atoms with Crippen LogP contribution >= 0.6 is 0 Å². The lowest BCUT2D eigenvalue weighted by atomic mass is 9.98. The molecule has 3 atom stereocenters. The van der Waals surface area contributed by atoms with Crippen LogP contribution in [0.1, 0.15) is 50.2 Å². The summed E-state index contributed by atoms with van der Waals surface area (Å²) in [5, 5.41) is 12.3. The molecule has 2 aliphatic rings. The average Bonchev–Trinajstić information content (AvgIpc) is 3.35. The highest BCUT2D eigenvalue weighted by molar-refractivity contribution is 5.90. The second-order valence-electron chi connectivity index (χ2n) is 8.89. The average molecular weight is 451 g/mol. The molecule has 0 radical (unpaired) electrons. The first-order valence-corrected chi connectivity index (χ1v) is 11.6. The molecule has 4 rings (SSSR count). The van der Waals surface area contributed by atoms with E-state index in [1.165, 1.54) is 4.90 Å². The second-order valence-corrected chi connectivity index (χ2v) is 8.89. The minimum absolute atomic E-state index is 0.0701. The highest BCUT2D eigenvalue weighted by Gasteiger charge is 2.42. The van der Waals surface area contributed by atoms with E-state index in [0.29, 0.717) is 25.8 Å². The van der Waals surface area contributed by atoms with E-state index in [1.807, 2.05) is 50.2 Å². The van der Waals surface area contributed by atoms with Crippen LogP contribution in [0.3, 0.4) is 0 Å². The number of nitrogens with one attached hydrogen (secondary N) is 1.